The molecule has 0 bridgehead atoms. The molecule has 40 N–H and O–H groups in total. The fourth-order valence-corrected chi connectivity index (χ4v) is 0. The molecular weight excluding hydrogens is 451 g/mol. The van der Waals surface area contributed by atoms with Crippen LogP contribution in [0.5, 0.6) is 0 Å². The van der Waals surface area contributed by atoms with E-state index >= 15 is 0 Å². The maximum atomic E-state index is 0. The van der Waals surface area contributed by atoms with Crippen molar-refractivity contribution in [1.29, 1.82) is 0 Å². The summed E-state index contributed by atoms with van der Waals surface area (Å²) in [5, 5.41) is 0. The molecule has 0 fully saturated rings. The van der Waals surface area contributed by atoms with Crippen LogP contribution in [0.15, 0.2) is 0 Å². The van der Waals surface area contributed by atoms with Gasteiger partial charge in [0.2, 0.25) is 0 Å². The van der Waals surface area contributed by atoms with Gasteiger partial charge in [0, 0.05) is 39.0 Å². The predicted octanol–water partition coefficient (Wildman–Crippen LogP) is -16.5. The molecule has 0 aliphatic rings. The molecule has 0 aromatic carbocycles. The van der Waals surface area contributed by atoms with Gasteiger partial charge in [0.05, 0.1) is 0 Å². The standard InChI is InChI=1S/20H2O.2Zn/h20*1H2;;. The summed E-state index contributed by atoms with van der Waals surface area (Å²) in [7, 11) is 0. The average molecular weight is 491 g/mol. The molecule has 0 aromatic heterocycles. The van der Waals surface area contributed by atoms with Crippen molar-refractivity contribution in [3.05, 3.63) is 0 Å². The molecule has 20 nitrogen and oxygen atoms in total. The van der Waals surface area contributed by atoms with Crippen molar-refractivity contribution in [3.8, 4) is 0 Å². The summed E-state index contributed by atoms with van der Waals surface area (Å²) >= 11 is 0. The third-order valence-electron chi connectivity index (χ3n) is 0. The maximum absolute atomic E-state index is 0. The van der Waals surface area contributed by atoms with Crippen LogP contribution in [0.25, 0.3) is 0 Å². The van der Waals surface area contributed by atoms with Gasteiger partial charge in [0.1, 0.15) is 0 Å². The fourth-order valence-electron chi connectivity index (χ4n) is 0. The van der Waals surface area contributed by atoms with Crippen molar-refractivity contribution < 1.29 is 148 Å². The second-order valence-electron chi connectivity index (χ2n) is 0. The van der Waals surface area contributed by atoms with E-state index in [9.17, 15) is 0 Å². The zero-order valence-electron chi connectivity index (χ0n) is 11.4. The van der Waals surface area contributed by atoms with Crippen LogP contribution < -0.4 is 0 Å². The van der Waals surface area contributed by atoms with E-state index < -0.39 is 0 Å². The van der Waals surface area contributed by atoms with Gasteiger partial charge in [-0.25, -0.2) is 0 Å². The molecular formula is H40O20Zn2. The van der Waals surface area contributed by atoms with Crippen LogP contribution in [0, 0.1) is 0 Å². The number of hydrogen-bond acceptors (Lipinski definition) is 0. The Balaban J connectivity index is 0. The first-order valence-corrected chi connectivity index (χ1v) is 0. The molecule has 0 spiro atoms. The molecule has 0 atom stereocenters. The first-order valence-electron chi connectivity index (χ1n) is 0. The Morgan fingerprint density at radius 3 is 0.0909 bits per heavy atom. The average Bonchev–Trinajstić information content (AvgIpc) is 0. The van der Waals surface area contributed by atoms with Gasteiger partial charge < -0.3 is 110 Å². The van der Waals surface area contributed by atoms with E-state index in [1.54, 1.807) is 0 Å². The Kier molecular flexibility index (Phi) is 106000000. The van der Waals surface area contributed by atoms with E-state index in [2.05, 4.69) is 0 Å². The summed E-state index contributed by atoms with van der Waals surface area (Å²) in [6, 6.07) is 0. The SMILES string of the molecule is O.O.O.O.O.O.O.O.O.O.O.O.O.O.O.O.O.O.O.O.[Zn].[Zn]. The van der Waals surface area contributed by atoms with Gasteiger partial charge in [-0.1, -0.05) is 0 Å². The van der Waals surface area contributed by atoms with E-state index in [0.29, 0.717) is 0 Å². The van der Waals surface area contributed by atoms with Crippen LogP contribution in [0.2, 0.25) is 0 Å². The minimum Gasteiger partial charge on any atom is -0.412 e. The van der Waals surface area contributed by atoms with Crippen molar-refractivity contribution in [2.75, 3.05) is 0 Å². The van der Waals surface area contributed by atoms with E-state index in [0.717, 1.165) is 0 Å². The van der Waals surface area contributed by atoms with Gasteiger partial charge >= 0.3 is 0 Å². The molecule has 0 aliphatic heterocycles. The molecule has 0 aromatic rings. The minimum atomic E-state index is 0. The van der Waals surface area contributed by atoms with Crippen LogP contribution >= 0.6 is 0 Å². The summed E-state index contributed by atoms with van der Waals surface area (Å²) in [5.74, 6) is 0. The molecule has 0 radical (unpaired) electrons. The predicted molar refractivity (Wildman–Crippen MR) is 72.3 cm³/mol. The van der Waals surface area contributed by atoms with Crippen molar-refractivity contribution in [2.45, 2.75) is 0 Å². The maximum Gasteiger partial charge on any atom is 0 e. The second-order valence-corrected chi connectivity index (χ2v) is 0. The van der Waals surface area contributed by atoms with Gasteiger partial charge in [-0.05, 0) is 0 Å². The minimum absolute atomic E-state index is 0. The number of hydrogen-bond donors (Lipinski definition) is 0. The Labute approximate surface area is 149 Å². The number of rotatable bonds is 0. The quantitative estimate of drug-likeness (QED) is 0.285. The van der Waals surface area contributed by atoms with Crippen LogP contribution in [0.4, 0.5) is 0 Å². The zero-order valence-corrected chi connectivity index (χ0v) is 17.3. The first-order chi connectivity index (χ1) is 0. The first kappa shape index (κ1) is 51700. The Morgan fingerprint density at radius 2 is 0.0909 bits per heavy atom. The molecule has 164 valence electrons. The third-order valence-corrected chi connectivity index (χ3v) is 0. The molecule has 22 heteroatoms. The molecule has 0 amide bonds. The van der Waals surface area contributed by atoms with E-state index in [1.807, 2.05) is 0 Å². The molecule has 0 saturated carbocycles. The monoisotopic (exact) mass is 488 g/mol. The Bertz CT molecular complexity index is 9.67. The van der Waals surface area contributed by atoms with Gasteiger partial charge in [0.15, 0.2) is 0 Å². The summed E-state index contributed by atoms with van der Waals surface area (Å²) in [6.45, 7) is 0. The molecule has 0 rings (SSSR count). The smallest absolute Gasteiger partial charge is 0 e. The van der Waals surface area contributed by atoms with Gasteiger partial charge in [-0.3, -0.25) is 0 Å². The Hall–Kier alpha value is 0.447. The van der Waals surface area contributed by atoms with E-state index in [4.69, 9.17) is 0 Å². The summed E-state index contributed by atoms with van der Waals surface area (Å²) in [4.78, 5) is 0. The normalized spacial score (nSPS) is 0. The molecule has 22 heavy (non-hydrogen) atoms. The Morgan fingerprint density at radius 1 is 0.0909 bits per heavy atom. The van der Waals surface area contributed by atoms with Crippen molar-refractivity contribution in [1.82, 2.24) is 0 Å². The van der Waals surface area contributed by atoms with Crippen LogP contribution in [-0.4, -0.2) is 110 Å². The van der Waals surface area contributed by atoms with Gasteiger partial charge in [-0.15, -0.1) is 0 Å². The molecule has 0 heterocycles. The summed E-state index contributed by atoms with van der Waals surface area (Å²) in [5.41, 5.74) is 0. The van der Waals surface area contributed by atoms with Gasteiger partial charge in [-0.2, -0.15) is 0 Å². The molecule has 0 aliphatic carbocycles. The van der Waals surface area contributed by atoms with E-state index in [-0.39, 0.29) is 148 Å². The molecule has 0 saturated heterocycles. The zero-order chi connectivity index (χ0) is 0. The van der Waals surface area contributed by atoms with Crippen LogP contribution in [0.1, 0.15) is 0 Å². The largest absolute Gasteiger partial charge is 0.412 e. The van der Waals surface area contributed by atoms with Crippen LogP contribution in [0.3, 0.4) is 0 Å². The second kappa shape index (κ2) is 44900. The van der Waals surface area contributed by atoms with E-state index in [1.165, 1.54) is 0 Å². The third kappa shape index (κ3) is 38700. The molecule has 0 unspecified atom stereocenters. The topological polar surface area (TPSA) is 630 Å². The van der Waals surface area contributed by atoms with Crippen molar-refractivity contribution in [2.24, 2.45) is 0 Å². The van der Waals surface area contributed by atoms with Crippen LogP contribution in [-0.2, 0) is 39.0 Å². The van der Waals surface area contributed by atoms with Crippen molar-refractivity contribution in [3.63, 3.8) is 0 Å². The van der Waals surface area contributed by atoms with Gasteiger partial charge in [0.25, 0.3) is 0 Å². The fraction of sp³-hybridized carbons (Fsp3) is 0. The van der Waals surface area contributed by atoms with Crippen molar-refractivity contribution >= 4 is 0 Å². The summed E-state index contributed by atoms with van der Waals surface area (Å²) in [6.07, 6.45) is 0. The summed E-state index contributed by atoms with van der Waals surface area (Å²) < 4.78 is 0.